The van der Waals surface area contributed by atoms with Crippen LogP contribution in [0.25, 0.3) is 0 Å². The zero-order valence-corrected chi connectivity index (χ0v) is 20.6. The summed E-state index contributed by atoms with van der Waals surface area (Å²) in [6, 6.07) is 18.6. The van der Waals surface area contributed by atoms with E-state index in [2.05, 4.69) is 70.5 Å². The first-order chi connectivity index (χ1) is 11.1. The second-order valence-corrected chi connectivity index (χ2v) is 18.9. The fourth-order valence-electron chi connectivity index (χ4n) is 2.07. The van der Waals surface area contributed by atoms with Gasteiger partial charge in [0.25, 0.3) is 0 Å². The third-order valence-corrected chi connectivity index (χ3v) is 9.84. The maximum absolute atomic E-state index is 6.30. The van der Waals surface area contributed by atoms with Gasteiger partial charge in [0.1, 0.15) is 8.38 Å². The Morgan fingerprint density at radius 2 is 1.32 bits per heavy atom. The van der Waals surface area contributed by atoms with Crippen LogP contribution in [0.2, 0.25) is 39.3 Å². The molecule has 0 spiro atoms. The summed E-state index contributed by atoms with van der Waals surface area (Å²) >= 11 is 0. The molecule has 142 valence electrons. The summed E-state index contributed by atoms with van der Waals surface area (Å²) in [7, 11) is -3.85. The van der Waals surface area contributed by atoms with Gasteiger partial charge in [-0.05, 0) is 39.3 Å². The maximum Gasteiger partial charge on any atom is 2.00 e. The van der Waals surface area contributed by atoms with E-state index in [1.165, 1.54) is 5.56 Å². The molecule has 25 heavy (non-hydrogen) atoms. The Bertz CT molecular complexity index is 498. The van der Waals surface area contributed by atoms with E-state index in [-0.39, 0.29) is 17.1 Å². The van der Waals surface area contributed by atoms with E-state index in [1.807, 2.05) is 30.3 Å². The van der Waals surface area contributed by atoms with E-state index in [9.17, 15) is 0 Å². The monoisotopic (exact) mass is 436 g/mol. The van der Waals surface area contributed by atoms with E-state index < -0.39 is 25.0 Å². The van der Waals surface area contributed by atoms with Gasteiger partial charge < -0.3 is 8.43 Å². The molecule has 0 aliphatic carbocycles. The van der Waals surface area contributed by atoms with Gasteiger partial charge in [0.05, 0.1) is 0 Å². The molecule has 0 aromatic heterocycles. The Hall–Kier alpha value is 0.00325. The molecule has 0 amide bonds. The van der Waals surface area contributed by atoms with Gasteiger partial charge in [-0.15, -0.1) is 0 Å². The molecule has 0 saturated heterocycles. The van der Waals surface area contributed by atoms with Gasteiger partial charge in [-0.2, -0.15) is 35.9 Å². The molecule has 2 aromatic carbocycles. The molecule has 0 radical (unpaired) electrons. The minimum absolute atomic E-state index is 0. The Balaban J connectivity index is 0.000000820. The molecule has 0 aliphatic rings. The van der Waals surface area contributed by atoms with Gasteiger partial charge in [-0.25, -0.2) is 24.3 Å². The van der Waals surface area contributed by atoms with Crippen LogP contribution in [0.3, 0.4) is 0 Å². The number of hydrogen-bond acceptors (Lipinski definition) is 2. The standard InChI is InChI=1S/C14H28O2PSi2.C5H5.Fe/c1-13(14-10-8-9-11-14)12-17(15-18(2,3)4)16-19(5,6)7;1-2-4-5-3-1;/h8-11,13H,12H2,1-7H3;1-5H;/q2*-1;+2. The number of hydrogen-bond donors (Lipinski definition) is 0. The zero-order chi connectivity index (χ0) is 18.2. The third-order valence-electron chi connectivity index (χ3n) is 2.99. The predicted molar refractivity (Wildman–Crippen MR) is 113 cm³/mol. The van der Waals surface area contributed by atoms with Crippen LogP contribution in [-0.2, 0) is 25.5 Å². The van der Waals surface area contributed by atoms with E-state index in [4.69, 9.17) is 8.43 Å². The van der Waals surface area contributed by atoms with Crippen molar-refractivity contribution in [3.63, 3.8) is 0 Å². The summed E-state index contributed by atoms with van der Waals surface area (Å²) < 4.78 is 12.6. The molecule has 2 rings (SSSR count). The quantitative estimate of drug-likeness (QED) is 0.266. The van der Waals surface area contributed by atoms with Crippen LogP contribution < -0.4 is 0 Å². The summed E-state index contributed by atoms with van der Waals surface area (Å²) in [4.78, 5) is 0. The average molecular weight is 436 g/mol. The van der Waals surface area contributed by atoms with Gasteiger partial charge >= 0.3 is 17.1 Å². The van der Waals surface area contributed by atoms with Gasteiger partial charge in [0, 0.05) is 6.16 Å². The molecular weight excluding hydrogens is 403 g/mol. The molecule has 1 unspecified atom stereocenters. The molecule has 0 bridgehead atoms. The van der Waals surface area contributed by atoms with Crippen LogP contribution in [0.4, 0.5) is 0 Å². The third kappa shape index (κ3) is 12.9. The fourth-order valence-corrected chi connectivity index (χ4v) is 8.70. The Kier molecular flexibility index (Phi) is 11.7. The van der Waals surface area contributed by atoms with Crippen molar-refractivity contribution >= 4 is 25.0 Å². The van der Waals surface area contributed by atoms with E-state index in [0.717, 1.165) is 6.16 Å². The van der Waals surface area contributed by atoms with Crippen molar-refractivity contribution in [1.29, 1.82) is 0 Å². The molecule has 6 heteroatoms. The van der Waals surface area contributed by atoms with Crippen LogP contribution in [0, 0.1) is 0 Å². The summed E-state index contributed by atoms with van der Waals surface area (Å²) in [6.45, 7) is 15.7. The molecule has 0 fully saturated rings. The van der Waals surface area contributed by atoms with Crippen molar-refractivity contribution < 1.29 is 25.5 Å². The molecule has 0 saturated carbocycles. The van der Waals surface area contributed by atoms with Crippen LogP contribution in [0.15, 0.2) is 54.6 Å². The predicted octanol–water partition coefficient (Wildman–Crippen LogP) is 6.93. The Morgan fingerprint density at radius 1 is 0.880 bits per heavy atom. The van der Waals surface area contributed by atoms with Crippen LogP contribution >= 0.6 is 8.38 Å². The summed E-state index contributed by atoms with van der Waals surface area (Å²) in [5.74, 6) is 0.508. The first-order valence-corrected chi connectivity index (χ1v) is 16.8. The second kappa shape index (κ2) is 11.7. The van der Waals surface area contributed by atoms with Crippen molar-refractivity contribution in [2.45, 2.75) is 52.1 Å². The first kappa shape index (κ1) is 25.0. The molecule has 0 heterocycles. The van der Waals surface area contributed by atoms with Crippen molar-refractivity contribution in [1.82, 2.24) is 0 Å². The normalized spacial score (nSPS) is 13.0. The maximum atomic E-state index is 6.30. The van der Waals surface area contributed by atoms with Crippen molar-refractivity contribution in [3.8, 4) is 0 Å². The first-order valence-electron chi connectivity index (χ1n) is 8.61. The average Bonchev–Trinajstić information content (AvgIpc) is 3.11. The largest absolute Gasteiger partial charge is 2.00 e. The second-order valence-electron chi connectivity index (χ2n) is 8.00. The Morgan fingerprint density at radius 3 is 1.64 bits per heavy atom. The van der Waals surface area contributed by atoms with Gasteiger partial charge in [0.2, 0.25) is 0 Å². The Labute approximate surface area is 168 Å². The van der Waals surface area contributed by atoms with Crippen molar-refractivity contribution in [2.75, 3.05) is 6.16 Å². The van der Waals surface area contributed by atoms with Gasteiger partial charge in [0.15, 0.2) is 16.6 Å². The summed E-state index contributed by atoms with van der Waals surface area (Å²) in [5, 5.41) is 0. The van der Waals surface area contributed by atoms with Crippen molar-refractivity contribution in [2.24, 2.45) is 0 Å². The van der Waals surface area contributed by atoms with E-state index in [1.54, 1.807) is 0 Å². The van der Waals surface area contributed by atoms with E-state index >= 15 is 0 Å². The van der Waals surface area contributed by atoms with Crippen LogP contribution in [0.1, 0.15) is 18.4 Å². The zero-order valence-electron chi connectivity index (χ0n) is 16.6. The molecule has 2 nitrogen and oxygen atoms in total. The van der Waals surface area contributed by atoms with Gasteiger partial charge in [-0.3, -0.25) is 0 Å². The van der Waals surface area contributed by atoms with E-state index in [0.29, 0.717) is 5.92 Å². The number of rotatable bonds is 7. The molecule has 0 N–H and O–H groups in total. The molecule has 1 atom stereocenters. The minimum Gasteiger partial charge on any atom is -0.376 e. The molecule has 2 aromatic rings. The fraction of sp³-hybridized carbons (Fsp3) is 0.474. The van der Waals surface area contributed by atoms with Gasteiger partial charge in [-0.1, -0.05) is 12.8 Å². The smallest absolute Gasteiger partial charge is 0.376 e. The summed E-state index contributed by atoms with van der Waals surface area (Å²) in [6.07, 6.45) is 1.01. The molecule has 0 aliphatic heterocycles. The van der Waals surface area contributed by atoms with Crippen molar-refractivity contribution in [3.05, 3.63) is 60.2 Å². The molecular formula is C19H33FeO2PSi2. The minimum atomic E-state index is -1.55. The topological polar surface area (TPSA) is 18.5 Å². The summed E-state index contributed by atoms with van der Waals surface area (Å²) in [5.41, 5.74) is 1.39. The van der Waals surface area contributed by atoms with Crippen LogP contribution in [-0.4, -0.2) is 22.8 Å². The van der Waals surface area contributed by atoms with Crippen LogP contribution in [0.5, 0.6) is 0 Å². The SMILES string of the molecule is CC(CP(O[Si](C)(C)C)O[Si](C)(C)C)[c-]1cccc1.[Fe+2].c1cc[cH-]c1.